The summed E-state index contributed by atoms with van der Waals surface area (Å²) in [6.07, 6.45) is 7.82. The molecule has 10 heteroatoms. The van der Waals surface area contributed by atoms with Gasteiger partial charge in [0, 0.05) is 49.4 Å². The number of rotatable bonds is 11. The Bertz CT molecular complexity index is 1750. The first-order valence-electron chi connectivity index (χ1n) is 15.2. The van der Waals surface area contributed by atoms with Crippen molar-refractivity contribution >= 4 is 28.9 Å². The molecule has 0 bridgehead atoms. The number of aromatic nitrogens is 3. The summed E-state index contributed by atoms with van der Waals surface area (Å²) < 4.78 is 7.17. The second-order valence-electron chi connectivity index (χ2n) is 11.5. The summed E-state index contributed by atoms with van der Waals surface area (Å²) in [7, 11) is 1.56. The smallest absolute Gasteiger partial charge is 0.264 e. The Hall–Kier alpha value is -4.80. The summed E-state index contributed by atoms with van der Waals surface area (Å²) in [5.74, 6) is -0.384. The van der Waals surface area contributed by atoms with Gasteiger partial charge in [-0.1, -0.05) is 54.6 Å². The Balaban J connectivity index is 1.25. The van der Waals surface area contributed by atoms with E-state index < -0.39 is 17.4 Å². The van der Waals surface area contributed by atoms with Crippen molar-refractivity contribution in [2.24, 2.45) is 5.92 Å². The van der Waals surface area contributed by atoms with Gasteiger partial charge in [0.25, 0.3) is 5.91 Å². The van der Waals surface area contributed by atoms with Crippen LogP contribution in [0.15, 0.2) is 85.1 Å². The van der Waals surface area contributed by atoms with Gasteiger partial charge in [-0.2, -0.15) is 0 Å². The molecule has 0 radical (unpaired) electrons. The van der Waals surface area contributed by atoms with E-state index in [-0.39, 0.29) is 19.1 Å². The van der Waals surface area contributed by atoms with Crippen LogP contribution in [0.3, 0.4) is 0 Å². The van der Waals surface area contributed by atoms with E-state index in [1.54, 1.807) is 39.9 Å². The van der Waals surface area contributed by atoms with E-state index in [1.165, 1.54) is 0 Å². The third-order valence-electron chi connectivity index (χ3n) is 8.64. The van der Waals surface area contributed by atoms with Crippen LogP contribution in [0, 0.1) is 5.92 Å². The predicted octanol–water partition coefficient (Wildman–Crippen LogP) is 4.45. The maximum absolute atomic E-state index is 14.1. The lowest BCUT2D eigenvalue weighted by atomic mass is 9.83. The van der Waals surface area contributed by atoms with Gasteiger partial charge in [-0.15, -0.1) is 5.10 Å². The number of para-hydroxylation sites is 1. The van der Waals surface area contributed by atoms with Crippen LogP contribution in [0.4, 0.5) is 17.1 Å². The first kappa shape index (κ1) is 30.2. The Morgan fingerprint density at radius 3 is 2.71 bits per heavy atom. The molecule has 0 fully saturated rings. The first-order chi connectivity index (χ1) is 21.8. The molecule has 232 valence electrons. The van der Waals surface area contributed by atoms with E-state index in [1.807, 2.05) is 73.7 Å². The number of aryl methyl sites for hydroxylation is 2. The van der Waals surface area contributed by atoms with Crippen LogP contribution in [0.25, 0.3) is 0 Å². The van der Waals surface area contributed by atoms with Crippen LogP contribution in [0.1, 0.15) is 42.1 Å². The Kier molecular flexibility index (Phi) is 8.51. The van der Waals surface area contributed by atoms with Crippen LogP contribution in [-0.2, 0) is 41.1 Å². The molecule has 0 unspecified atom stereocenters. The highest BCUT2D eigenvalue weighted by molar-refractivity contribution is 6.07. The number of hydrogen-bond donors (Lipinski definition) is 2. The molecule has 45 heavy (non-hydrogen) atoms. The zero-order valence-electron chi connectivity index (χ0n) is 25.5. The van der Waals surface area contributed by atoms with Crippen molar-refractivity contribution in [2.45, 2.75) is 51.3 Å². The molecule has 2 amide bonds. The van der Waals surface area contributed by atoms with E-state index >= 15 is 0 Å². The highest BCUT2D eigenvalue weighted by atomic mass is 16.5. The summed E-state index contributed by atoms with van der Waals surface area (Å²) >= 11 is 0. The summed E-state index contributed by atoms with van der Waals surface area (Å²) in [5, 5.41) is 29.4. The molecule has 2 aliphatic heterocycles. The van der Waals surface area contributed by atoms with Gasteiger partial charge < -0.3 is 19.8 Å². The minimum Gasteiger partial charge on any atom is -0.497 e. The fraction of sp³-hybridized carbons (Fsp3) is 0.314. The Labute approximate surface area is 262 Å². The number of ether oxygens (including phenoxy) is 1. The second kappa shape index (κ2) is 12.7. The van der Waals surface area contributed by atoms with Gasteiger partial charge in [-0.05, 0) is 60.4 Å². The molecule has 4 aromatic rings. The average Bonchev–Trinajstić information content (AvgIpc) is 3.59. The molecule has 0 saturated carbocycles. The van der Waals surface area contributed by atoms with E-state index in [4.69, 9.17) is 9.84 Å². The third kappa shape index (κ3) is 5.74. The number of carbonyl (C=O) groups excluding carboxylic acids is 2. The lowest BCUT2D eigenvalue weighted by molar-refractivity contribution is -0.139. The molecule has 0 saturated heterocycles. The van der Waals surface area contributed by atoms with E-state index in [2.05, 4.69) is 10.3 Å². The third-order valence-corrected chi connectivity index (χ3v) is 8.64. The molecule has 10 nitrogen and oxygen atoms in total. The van der Waals surface area contributed by atoms with Gasteiger partial charge in [0.05, 0.1) is 30.7 Å². The molecule has 0 aliphatic carbocycles. The van der Waals surface area contributed by atoms with Gasteiger partial charge in [0.1, 0.15) is 5.75 Å². The molecule has 6 rings (SSSR count). The predicted molar refractivity (Wildman–Crippen MR) is 170 cm³/mol. The maximum atomic E-state index is 14.1. The number of carbonyl (C=O) groups is 2. The minimum atomic E-state index is -1.80. The maximum Gasteiger partial charge on any atom is 0.264 e. The van der Waals surface area contributed by atoms with Gasteiger partial charge in [-0.3, -0.25) is 19.2 Å². The summed E-state index contributed by atoms with van der Waals surface area (Å²) in [6.45, 7) is 2.64. The number of allylic oxidation sites excluding steroid dienone is 1. The van der Waals surface area contributed by atoms with E-state index in [9.17, 15) is 14.7 Å². The molecule has 2 atom stereocenters. The van der Waals surface area contributed by atoms with Crippen LogP contribution in [0.2, 0.25) is 0 Å². The molecule has 3 aromatic carbocycles. The average molecular weight is 608 g/mol. The summed E-state index contributed by atoms with van der Waals surface area (Å²) in [4.78, 5) is 30.6. The van der Waals surface area contributed by atoms with Crippen molar-refractivity contribution in [1.29, 1.82) is 0 Å². The number of aliphatic hydroxyl groups is 2. The number of amides is 2. The van der Waals surface area contributed by atoms with Crippen molar-refractivity contribution in [1.82, 2.24) is 15.0 Å². The van der Waals surface area contributed by atoms with Gasteiger partial charge in [0.15, 0.2) is 5.60 Å². The quantitative estimate of drug-likeness (QED) is 0.242. The van der Waals surface area contributed by atoms with E-state index in [0.717, 1.165) is 28.2 Å². The van der Waals surface area contributed by atoms with Gasteiger partial charge in [-0.25, -0.2) is 0 Å². The first-order valence-corrected chi connectivity index (χ1v) is 15.2. The Morgan fingerprint density at radius 1 is 1.04 bits per heavy atom. The molecule has 3 heterocycles. The zero-order chi connectivity index (χ0) is 31.6. The molecule has 2 N–H and O–H groups in total. The molecular weight excluding hydrogens is 570 g/mol. The number of benzene rings is 3. The Morgan fingerprint density at radius 2 is 1.89 bits per heavy atom. The van der Waals surface area contributed by atoms with Crippen LogP contribution in [-0.4, -0.2) is 50.7 Å². The van der Waals surface area contributed by atoms with Crippen LogP contribution >= 0.6 is 0 Å². The van der Waals surface area contributed by atoms with Crippen molar-refractivity contribution in [3.05, 3.63) is 107 Å². The summed E-state index contributed by atoms with van der Waals surface area (Å²) in [5.41, 5.74) is 3.61. The number of aliphatic hydroxyl groups excluding tert-OH is 1. The number of anilines is 3. The number of hydrogen-bond acceptors (Lipinski definition) is 7. The summed E-state index contributed by atoms with van der Waals surface area (Å²) in [6, 6.07) is 20.9. The fourth-order valence-corrected chi connectivity index (χ4v) is 6.22. The highest BCUT2D eigenvalue weighted by Gasteiger charge is 2.52. The minimum absolute atomic E-state index is 0.0179. The van der Waals surface area contributed by atoms with Crippen molar-refractivity contribution in [2.75, 3.05) is 23.5 Å². The normalized spacial score (nSPS) is 18.4. The van der Waals surface area contributed by atoms with Gasteiger partial charge in [0.2, 0.25) is 5.91 Å². The monoisotopic (exact) mass is 607 g/mol. The standard InChI is InChI=1S/C35H37N5O5/c1-24(8-5-6-18-38-23-27(17-19-41)36-37-38)35(44)30-21-29(45-2)14-15-32(30)39(34(35)43)22-25-9-7-11-28(20-25)40-31-12-4-3-10-26(31)13-16-33(40)42/h3-5,7-12,14-15,20-21,23-24,41,44H,6,13,16-19,22H2,1-2H3/b8-5+/t24-,35+/m1/s1. The molecule has 0 spiro atoms. The molecule has 2 aliphatic rings. The number of methoxy groups -OCH3 is 1. The zero-order valence-corrected chi connectivity index (χ0v) is 25.5. The van der Waals surface area contributed by atoms with Crippen LogP contribution in [0.5, 0.6) is 5.75 Å². The lowest BCUT2D eigenvalue weighted by Crippen LogP contribution is -2.44. The van der Waals surface area contributed by atoms with Gasteiger partial charge >= 0.3 is 0 Å². The lowest BCUT2D eigenvalue weighted by Gasteiger charge is -2.30. The topological polar surface area (TPSA) is 121 Å². The molecular formula is C35H37N5O5. The van der Waals surface area contributed by atoms with Crippen molar-refractivity contribution in [3.8, 4) is 5.75 Å². The fourth-order valence-electron chi connectivity index (χ4n) is 6.22. The second-order valence-corrected chi connectivity index (χ2v) is 11.5. The molecule has 1 aromatic heterocycles. The van der Waals surface area contributed by atoms with Crippen molar-refractivity contribution < 1.29 is 24.5 Å². The number of fused-ring (bicyclic) bond motifs is 2. The number of nitrogens with zero attached hydrogens (tertiary/aromatic N) is 5. The SMILES string of the molecule is COc1ccc2c(c1)[C@@](O)([C@H](C)/C=C/CCn1cc(CCO)nn1)C(=O)N2Cc1cccc(N2C(=O)CCc3ccccc32)c1. The van der Waals surface area contributed by atoms with Crippen LogP contribution < -0.4 is 14.5 Å². The highest BCUT2D eigenvalue weighted by Crippen LogP contribution is 2.47. The van der Waals surface area contributed by atoms with Crippen molar-refractivity contribution in [3.63, 3.8) is 0 Å². The largest absolute Gasteiger partial charge is 0.497 e. The van der Waals surface area contributed by atoms with E-state index in [0.29, 0.717) is 49.2 Å².